The standard InChI is InChI=1S/C29H27ClN4O4S/c30-21-8-6-20(7-9-21)18-39-29-31-24-17-26-25(37-19-38-26)16-23(24)28(36)34(29)11-10-27(35)33-14-12-32(13-15-33)22-4-2-1-3-5-22/h1-9,16-17H,10-15,18-19H2. The number of carbonyl (C=O) groups is 1. The summed E-state index contributed by atoms with van der Waals surface area (Å²) in [6.45, 7) is 3.23. The Labute approximate surface area is 235 Å². The van der Waals surface area contributed by atoms with Gasteiger partial charge in [-0.3, -0.25) is 14.2 Å². The molecule has 0 saturated carbocycles. The van der Waals surface area contributed by atoms with Crippen LogP contribution in [0.5, 0.6) is 11.5 Å². The quantitative estimate of drug-likeness (QED) is 0.236. The number of amides is 1. The number of halogens is 1. The number of hydrogen-bond acceptors (Lipinski definition) is 7. The van der Waals surface area contributed by atoms with Gasteiger partial charge in [0.25, 0.3) is 5.56 Å². The van der Waals surface area contributed by atoms with Crippen LogP contribution in [-0.2, 0) is 17.1 Å². The molecule has 2 aliphatic rings. The molecule has 0 unspecified atom stereocenters. The van der Waals surface area contributed by atoms with Crippen molar-refractivity contribution in [3.63, 3.8) is 0 Å². The molecule has 8 nitrogen and oxygen atoms in total. The highest BCUT2D eigenvalue weighted by atomic mass is 35.5. The fourth-order valence-electron chi connectivity index (χ4n) is 4.85. The Morgan fingerprint density at radius 2 is 1.67 bits per heavy atom. The van der Waals surface area contributed by atoms with Crippen LogP contribution < -0.4 is 19.9 Å². The van der Waals surface area contributed by atoms with Gasteiger partial charge in [-0.15, -0.1) is 0 Å². The zero-order chi connectivity index (χ0) is 26.8. The summed E-state index contributed by atoms with van der Waals surface area (Å²) in [5.41, 5.74) is 2.58. The number of para-hydroxylation sites is 1. The number of nitrogens with zero attached hydrogens (tertiary/aromatic N) is 4. The van der Waals surface area contributed by atoms with Gasteiger partial charge in [0.2, 0.25) is 12.7 Å². The van der Waals surface area contributed by atoms with E-state index in [1.165, 1.54) is 17.4 Å². The van der Waals surface area contributed by atoms with Gasteiger partial charge >= 0.3 is 0 Å². The number of benzene rings is 3. The van der Waals surface area contributed by atoms with Crippen LogP contribution in [0.15, 0.2) is 76.7 Å². The molecule has 0 spiro atoms. The van der Waals surface area contributed by atoms with Crippen LogP contribution in [0.4, 0.5) is 5.69 Å². The first-order chi connectivity index (χ1) is 19.0. The lowest BCUT2D eigenvalue weighted by atomic mass is 10.2. The highest BCUT2D eigenvalue weighted by Gasteiger charge is 2.23. The number of fused-ring (bicyclic) bond motifs is 2. The second kappa shape index (κ2) is 11.2. The number of ether oxygens (including phenoxy) is 2. The lowest BCUT2D eigenvalue weighted by molar-refractivity contribution is -0.131. The number of piperazine rings is 1. The minimum Gasteiger partial charge on any atom is -0.454 e. The van der Waals surface area contributed by atoms with E-state index in [4.69, 9.17) is 26.1 Å². The summed E-state index contributed by atoms with van der Waals surface area (Å²) >= 11 is 7.49. The van der Waals surface area contributed by atoms with E-state index < -0.39 is 0 Å². The third-order valence-electron chi connectivity index (χ3n) is 7.00. The summed E-state index contributed by atoms with van der Waals surface area (Å²) in [5.74, 6) is 1.75. The highest BCUT2D eigenvalue weighted by molar-refractivity contribution is 7.98. The molecule has 0 atom stereocenters. The van der Waals surface area contributed by atoms with Gasteiger partial charge in [0.1, 0.15) is 0 Å². The van der Waals surface area contributed by atoms with Crippen LogP contribution in [0.3, 0.4) is 0 Å². The topological polar surface area (TPSA) is 76.9 Å². The molecule has 6 rings (SSSR count). The molecule has 3 heterocycles. The summed E-state index contributed by atoms with van der Waals surface area (Å²) in [5, 5.41) is 1.67. The molecule has 0 radical (unpaired) electrons. The van der Waals surface area contributed by atoms with Crippen molar-refractivity contribution in [1.82, 2.24) is 14.5 Å². The van der Waals surface area contributed by atoms with Crippen LogP contribution in [0.1, 0.15) is 12.0 Å². The van der Waals surface area contributed by atoms with Gasteiger partial charge in [0.05, 0.1) is 10.9 Å². The van der Waals surface area contributed by atoms with E-state index in [0.29, 0.717) is 51.4 Å². The number of carbonyl (C=O) groups excluding carboxylic acids is 1. The molecule has 0 bridgehead atoms. The van der Waals surface area contributed by atoms with Gasteiger partial charge < -0.3 is 19.3 Å². The number of hydrogen-bond donors (Lipinski definition) is 0. The van der Waals surface area contributed by atoms with Crippen LogP contribution in [0, 0.1) is 0 Å². The third-order valence-corrected chi connectivity index (χ3v) is 8.30. The Kier molecular flexibility index (Phi) is 7.34. The first-order valence-corrected chi connectivity index (χ1v) is 14.2. The van der Waals surface area contributed by atoms with Crippen LogP contribution >= 0.6 is 23.4 Å². The van der Waals surface area contributed by atoms with E-state index in [9.17, 15) is 9.59 Å². The van der Waals surface area contributed by atoms with E-state index in [-0.39, 0.29) is 31.2 Å². The van der Waals surface area contributed by atoms with E-state index in [0.717, 1.165) is 18.7 Å². The third kappa shape index (κ3) is 5.55. The smallest absolute Gasteiger partial charge is 0.262 e. The average Bonchev–Trinajstić information content (AvgIpc) is 3.43. The lowest BCUT2D eigenvalue weighted by Crippen LogP contribution is -2.49. The Balaban J connectivity index is 1.20. The molecule has 0 aliphatic carbocycles. The highest BCUT2D eigenvalue weighted by Crippen LogP contribution is 2.35. The number of aromatic nitrogens is 2. The lowest BCUT2D eigenvalue weighted by Gasteiger charge is -2.36. The Bertz CT molecular complexity index is 1550. The predicted molar refractivity (Wildman–Crippen MR) is 153 cm³/mol. The summed E-state index contributed by atoms with van der Waals surface area (Å²) in [7, 11) is 0. The maximum atomic E-state index is 13.7. The molecule has 200 valence electrons. The molecule has 2 aliphatic heterocycles. The fraction of sp³-hybridized carbons (Fsp3) is 0.276. The van der Waals surface area contributed by atoms with Gasteiger partial charge in [-0.2, -0.15) is 0 Å². The van der Waals surface area contributed by atoms with E-state index in [1.54, 1.807) is 16.7 Å². The Morgan fingerprint density at radius 3 is 2.41 bits per heavy atom. The Hall–Kier alpha value is -3.69. The van der Waals surface area contributed by atoms with E-state index in [2.05, 4.69) is 17.0 Å². The summed E-state index contributed by atoms with van der Waals surface area (Å²) in [4.78, 5) is 35.8. The molecule has 1 fully saturated rings. The average molecular weight is 563 g/mol. The first kappa shape index (κ1) is 25.6. The molecular weight excluding hydrogens is 536 g/mol. The Morgan fingerprint density at radius 1 is 0.949 bits per heavy atom. The van der Waals surface area contributed by atoms with E-state index in [1.807, 2.05) is 47.4 Å². The SMILES string of the molecule is O=C(CCn1c(SCc2ccc(Cl)cc2)nc2cc3c(cc2c1=O)OCO3)N1CCN(c2ccccc2)CC1. The van der Waals surface area contributed by atoms with Crippen molar-refractivity contribution in [1.29, 1.82) is 0 Å². The molecule has 10 heteroatoms. The maximum Gasteiger partial charge on any atom is 0.262 e. The molecular formula is C29H27ClN4O4S. The number of thioether (sulfide) groups is 1. The second-order valence-electron chi connectivity index (χ2n) is 9.44. The monoisotopic (exact) mass is 562 g/mol. The maximum absolute atomic E-state index is 13.7. The largest absolute Gasteiger partial charge is 0.454 e. The molecule has 0 N–H and O–H groups in total. The molecule has 39 heavy (non-hydrogen) atoms. The van der Waals surface area contributed by atoms with Crippen LogP contribution in [0.2, 0.25) is 5.02 Å². The number of rotatable bonds is 7. The predicted octanol–water partition coefficient (Wildman–Crippen LogP) is 4.81. The van der Waals surface area contributed by atoms with Gasteiger partial charge in [0, 0.05) is 61.7 Å². The van der Waals surface area contributed by atoms with Crippen molar-refractivity contribution in [2.75, 3.05) is 37.9 Å². The zero-order valence-electron chi connectivity index (χ0n) is 21.2. The van der Waals surface area contributed by atoms with Gasteiger partial charge in [-0.05, 0) is 35.9 Å². The van der Waals surface area contributed by atoms with Crippen molar-refractivity contribution < 1.29 is 14.3 Å². The van der Waals surface area contributed by atoms with Crippen molar-refractivity contribution in [2.45, 2.75) is 23.9 Å². The van der Waals surface area contributed by atoms with Crippen LogP contribution in [-0.4, -0.2) is 53.3 Å². The molecule has 4 aromatic rings. The molecule has 1 aromatic heterocycles. The van der Waals surface area contributed by atoms with Gasteiger partial charge in [0.15, 0.2) is 16.7 Å². The van der Waals surface area contributed by atoms with Gasteiger partial charge in [-0.1, -0.05) is 53.7 Å². The second-order valence-corrected chi connectivity index (χ2v) is 10.8. The minimum atomic E-state index is -0.196. The summed E-state index contributed by atoms with van der Waals surface area (Å²) in [6, 6.07) is 21.3. The summed E-state index contributed by atoms with van der Waals surface area (Å²) < 4.78 is 12.6. The van der Waals surface area contributed by atoms with Crippen molar-refractivity contribution in [3.05, 3.63) is 87.7 Å². The van der Waals surface area contributed by atoms with Crippen molar-refractivity contribution in [2.24, 2.45) is 0 Å². The van der Waals surface area contributed by atoms with Crippen molar-refractivity contribution in [3.8, 4) is 11.5 Å². The number of anilines is 1. The normalized spacial score (nSPS) is 14.7. The minimum absolute atomic E-state index is 0.0362. The van der Waals surface area contributed by atoms with E-state index >= 15 is 0 Å². The van der Waals surface area contributed by atoms with Crippen LogP contribution in [0.25, 0.3) is 10.9 Å². The molecule has 3 aromatic carbocycles. The van der Waals surface area contributed by atoms with Gasteiger partial charge in [-0.25, -0.2) is 4.98 Å². The van der Waals surface area contributed by atoms with Crippen molar-refractivity contribution >= 4 is 45.9 Å². The summed E-state index contributed by atoms with van der Waals surface area (Å²) in [6.07, 6.45) is 0.220. The molecule has 1 amide bonds. The fourth-order valence-corrected chi connectivity index (χ4v) is 5.95. The first-order valence-electron chi connectivity index (χ1n) is 12.8. The molecule has 1 saturated heterocycles. The zero-order valence-corrected chi connectivity index (χ0v) is 22.8.